The van der Waals surface area contributed by atoms with Crippen molar-refractivity contribution >= 4 is 41.0 Å². The van der Waals surface area contributed by atoms with Gasteiger partial charge >= 0.3 is 17.9 Å². The van der Waals surface area contributed by atoms with Gasteiger partial charge in [0.1, 0.15) is 48.8 Å². The Balaban J connectivity index is 0.000000850. The van der Waals surface area contributed by atoms with Crippen LogP contribution in [0.25, 0.3) is 0 Å². The van der Waals surface area contributed by atoms with Gasteiger partial charge in [-0.15, -0.1) is 0 Å². The molecule has 0 fully saturated rings. The molecule has 4 aromatic carbocycles. The number of hydrogen-bond donors (Lipinski definition) is 2. The normalized spacial score (nSPS) is 11.9. The number of ether oxygens (including phenoxy) is 11. The first-order valence-electron chi connectivity index (χ1n) is 28.9. The van der Waals surface area contributed by atoms with Gasteiger partial charge in [0.05, 0.1) is 59.1 Å². The fraction of sp³-hybridized carbons (Fsp3) is 0.443. The molecule has 0 aromatic heterocycles. The van der Waals surface area contributed by atoms with E-state index in [1.165, 1.54) is 34.0 Å². The van der Waals surface area contributed by atoms with E-state index in [2.05, 4.69) is 31.1 Å². The standard InChI is InChI=1S/C39H52O12.C21H24O4.C9H14O4.CH4/c1-9-34(40)48-25-21-44-19-23-46-28(3)50-38(5,6)36(42)32-15-11-30(12-16-32)27-31-13-17-33(18-14-31)37(43)39(7,8)51-29(4)47-24-20-45-22-26-49-35(41)10-2;1-20(2,24)18(22)16-9-5-14(6-10-16)13-15-7-11-17(12-8-15)19(23)21(3,4)25;1-3-9(10)13-8-7-12-6-5-11-4-2;/h9-18,28-29H,1-2,19-27H2,3-8H3;5-12,24-25H,13H2,1-4H3;3-4H,1-2,5-8H2;1H4. The zero-order valence-electron chi connectivity index (χ0n) is 53.2. The number of ketones is 4. The van der Waals surface area contributed by atoms with Crippen LogP contribution in [0.15, 0.2) is 148 Å². The van der Waals surface area contributed by atoms with Crippen molar-refractivity contribution < 1.29 is 95.9 Å². The lowest BCUT2D eigenvalue weighted by Crippen LogP contribution is -2.39. The van der Waals surface area contributed by atoms with Crippen molar-refractivity contribution in [1.29, 1.82) is 0 Å². The van der Waals surface area contributed by atoms with Crippen LogP contribution < -0.4 is 0 Å². The molecule has 0 saturated heterocycles. The van der Waals surface area contributed by atoms with Crippen molar-refractivity contribution in [3.8, 4) is 0 Å². The molecule has 0 heterocycles. The van der Waals surface area contributed by atoms with E-state index in [9.17, 15) is 43.8 Å². The molecule has 0 aliphatic carbocycles. The van der Waals surface area contributed by atoms with Gasteiger partial charge < -0.3 is 62.3 Å². The van der Waals surface area contributed by atoms with Crippen molar-refractivity contribution in [2.24, 2.45) is 0 Å². The highest BCUT2D eigenvalue weighted by Crippen LogP contribution is 2.24. The fourth-order valence-corrected chi connectivity index (χ4v) is 7.80. The summed E-state index contributed by atoms with van der Waals surface area (Å²) in [6.07, 6.45) is 4.58. The number of rotatable bonds is 40. The lowest BCUT2D eigenvalue weighted by Gasteiger charge is -2.28. The Morgan fingerprint density at radius 2 is 0.633 bits per heavy atom. The van der Waals surface area contributed by atoms with Crippen molar-refractivity contribution in [2.75, 3.05) is 79.3 Å². The Kier molecular flexibility index (Phi) is 37.2. The first-order valence-corrected chi connectivity index (χ1v) is 28.9. The Hall–Kier alpha value is -7.63. The highest BCUT2D eigenvalue weighted by Gasteiger charge is 2.33. The van der Waals surface area contributed by atoms with Crippen molar-refractivity contribution in [1.82, 2.24) is 0 Å². The Labute approximate surface area is 531 Å². The van der Waals surface area contributed by atoms with Crippen molar-refractivity contribution in [2.45, 2.75) is 124 Å². The van der Waals surface area contributed by atoms with E-state index in [0.29, 0.717) is 54.9 Å². The summed E-state index contributed by atoms with van der Waals surface area (Å²) in [5, 5.41) is 19.6. The monoisotopic (exact) mass is 1250 g/mol. The third-order valence-electron chi connectivity index (χ3n) is 12.3. The van der Waals surface area contributed by atoms with Crippen LogP contribution in [0.5, 0.6) is 0 Å². The van der Waals surface area contributed by atoms with Crippen LogP contribution in [0, 0.1) is 0 Å². The smallest absolute Gasteiger partial charge is 0.330 e. The van der Waals surface area contributed by atoms with Crippen LogP contribution in [0.3, 0.4) is 0 Å². The third-order valence-corrected chi connectivity index (χ3v) is 12.3. The minimum Gasteiger partial charge on any atom is -0.499 e. The predicted molar refractivity (Wildman–Crippen MR) is 341 cm³/mol. The molecule has 2 unspecified atom stereocenters. The quantitative estimate of drug-likeness (QED) is 0.00798. The highest BCUT2D eigenvalue weighted by atomic mass is 16.7. The average molecular weight is 1260 g/mol. The van der Waals surface area contributed by atoms with E-state index in [1.54, 1.807) is 90.1 Å². The van der Waals surface area contributed by atoms with Gasteiger partial charge in [0.2, 0.25) is 0 Å². The molecule has 20 nitrogen and oxygen atoms in total. The second-order valence-electron chi connectivity index (χ2n) is 21.7. The van der Waals surface area contributed by atoms with Gasteiger partial charge in [-0.05, 0) is 104 Å². The highest BCUT2D eigenvalue weighted by molar-refractivity contribution is 6.03. The number of benzene rings is 4. The molecule has 90 heavy (non-hydrogen) atoms. The van der Waals surface area contributed by atoms with Crippen LogP contribution in [-0.4, -0.2) is 166 Å². The Morgan fingerprint density at radius 1 is 0.389 bits per heavy atom. The molecule has 4 aromatic rings. The second-order valence-corrected chi connectivity index (χ2v) is 21.7. The summed E-state index contributed by atoms with van der Waals surface area (Å²) in [7, 11) is 0. The SMILES string of the molecule is C.C=CC(=O)OCCOCCOC(C)OC(C)(C)C(=O)c1ccc(Cc2ccc(C(=O)C(C)(C)OC(C)OCCOCCOC(=O)C=C)cc2)cc1.C=COCCOCCOC(=O)C=C.CC(C)(O)C(=O)c1ccc(Cc2ccc(C(=O)C(C)(C)O)cc2)cc1. The second kappa shape index (κ2) is 41.6. The largest absolute Gasteiger partial charge is 0.499 e. The van der Waals surface area contributed by atoms with E-state index in [-0.39, 0.29) is 90.0 Å². The van der Waals surface area contributed by atoms with Gasteiger partial charge in [-0.25, -0.2) is 14.4 Å². The van der Waals surface area contributed by atoms with E-state index in [0.717, 1.165) is 40.5 Å². The van der Waals surface area contributed by atoms with Crippen LogP contribution in [0.2, 0.25) is 0 Å². The number of esters is 3. The number of Topliss-reactive ketones (excluding diaryl/α,β-unsaturated/α-hetero) is 4. The summed E-state index contributed by atoms with van der Waals surface area (Å²) in [6.45, 7) is 32.6. The van der Waals surface area contributed by atoms with Crippen molar-refractivity contribution in [3.63, 3.8) is 0 Å². The van der Waals surface area contributed by atoms with E-state index in [1.807, 2.05) is 48.5 Å². The molecule has 0 amide bonds. The molecule has 494 valence electrons. The molecule has 4 rings (SSSR count). The summed E-state index contributed by atoms with van der Waals surface area (Å²) in [5.74, 6) is -2.45. The molecule has 0 bridgehead atoms. The molecule has 2 N–H and O–H groups in total. The lowest BCUT2D eigenvalue weighted by molar-refractivity contribution is -0.181. The summed E-state index contributed by atoms with van der Waals surface area (Å²) in [5.41, 5.74) is 0.963. The maximum Gasteiger partial charge on any atom is 0.330 e. The maximum absolute atomic E-state index is 13.3. The lowest BCUT2D eigenvalue weighted by atomic mass is 9.93. The minimum atomic E-state index is -1.38. The van der Waals surface area contributed by atoms with Crippen LogP contribution >= 0.6 is 0 Å². The molecule has 0 aliphatic rings. The topological polar surface area (TPSA) is 261 Å². The molecule has 2 atom stereocenters. The molecular formula is C70H94O20. The van der Waals surface area contributed by atoms with Gasteiger partial charge in [-0.2, -0.15) is 0 Å². The maximum atomic E-state index is 13.3. The number of carbonyl (C=O) groups is 7. The molecule has 0 radical (unpaired) electrons. The molecular weight excluding hydrogens is 1160 g/mol. The summed E-state index contributed by atoms with van der Waals surface area (Å²) in [6, 6.07) is 28.9. The minimum absolute atomic E-state index is 0. The average Bonchev–Trinajstić information content (AvgIpc) is 1.66. The van der Waals surface area contributed by atoms with Gasteiger partial charge in [-0.3, -0.25) is 19.2 Å². The van der Waals surface area contributed by atoms with Gasteiger partial charge in [-0.1, -0.05) is 131 Å². The van der Waals surface area contributed by atoms with Crippen molar-refractivity contribution in [3.05, 3.63) is 192 Å². The van der Waals surface area contributed by atoms with Gasteiger partial charge in [0.15, 0.2) is 35.7 Å². The zero-order valence-corrected chi connectivity index (χ0v) is 53.2. The van der Waals surface area contributed by atoms with Crippen LogP contribution in [0.1, 0.15) is 140 Å². The third kappa shape index (κ3) is 32.2. The first-order chi connectivity index (χ1) is 42.0. The summed E-state index contributed by atoms with van der Waals surface area (Å²) in [4.78, 5) is 83.1. The zero-order chi connectivity index (χ0) is 66.6. The molecule has 0 aliphatic heterocycles. The number of carbonyl (C=O) groups excluding carboxylic acids is 7. The molecule has 20 heteroatoms. The first kappa shape index (κ1) is 80.4. The Morgan fingerprint density at radius 3 is 0.878 bits per heavy atom. The predicted octanol–water partition coefficient (Wildman–Crippen LogP) is 10.2. The van der Waals surface area contributed by atoms with Gasteiger partial charge in [0, 0.05) is 40.5 Å². The molecule has 0 saturated carbocycles. The van der Waals surface area contributed by atoms with E-state index < -0.39 is 52.9 Å². The van der Waals surface area contributed by atoms with E-state index in [4.69, 9.17) is 47.4 Å². The number of aliphatic hydroxyl groups is 2. The van der Waals surface area contributed by atoms with Gasteiger partial charge in [0.25, 0.3) is 0 Å². The summed E-state index contributed by atoms with van der Waals surface area (Å²) >= 11 is 0. The fourth-order valence-electron chi connectivity index (χ4n) is 7.80. The Bertz CT molecular complexity index is 2680. The molecule has 0 spiro atoms. The van der Waals surface area contributed by atoms with Crippen LogP contribution in [0.4, 0.5) is 0 Å². The number of hydrogen-bond acceptors (Lipinski definition) is 20. The van der Waals surface area contributed by atoms with Crippen LogP contribution in [-0.2, 0) is 79.3 Å². The summed E-state index contributed by atoms with van der Waals surface area (Å²) < 4.78 is 57.9. The van der Waals surface area contributed by atoms with E-state index >= 15 is 0 Å².